The molecule has 1 aromatic carbocycles. The van der Waals surface area contributed by atoms with Gasteiger partial charge in [-0.25, -0.2) is 19.0 Å². The number of halogens is 1. The van der Waals surface area contributed by atoms with Crippen LogP contribution in [0.4, 0.5) is 4.39 Å². The number of nitrogens with one attached hydrogen (secondary N) is 2. The lowest BCUT2D eigenvalue weighted by atomic mass is 10.1. The van der Waals surface area contributed by atoms with E-state index in [-0.39, 0.29) is 11.8 Å². The number of rotatable bonds is 4. The highest BCUT2D eigenvalue weighted by atomic mass is 19.1. The van der Waals surface area contributed by atoms with Crippen molar-refractivity contribution in [1.82, 2.24) is 25.4 Å². The van der Waals surface area contributed by atoms with E-state index >= 15 is 0 Å². The van der Waals surface area contributed by atoms with Crippen molar-refractivity contribution in [2.45, 2.75) is 45.8 Å². The smallest absolute Gasteiger partial charge is 0.192 e. The zero-order valence-electron chi connectivity index (χ0n) is 14.5. The summed E-state index contributed by atoms with van der Waals surface area (Å²) in [6, 6.07) is 4.34. The van der Waals surface area contributed by atoms with Crippen molar-refractivity contribution in [3.63, 3.8) is 0 Å². The van der Waals surface area contributed by atoms with Crippen LogP contribution < -0.4 is 10.6 Å². The lowest BCUT2D eigenvalue weighted by molar-refractivity contribution is 0.397. The second kappa shape index (κ2) is 7.50. The number of hydrogen-bond donors (Lipinski definition) is 3. The molecule has 0 spiro atoms. The molecule has 1 aromatic heterocycles. The molecule has 1 aliphatic rings. The topological polar surface area (TPSA) is 87.4 Å². The number of benzene rings is 1. The van der Waals surface area contributed by atoms with E-state index in [4.69, 9.17) is 0 Å². The van der Waals surface area contributed by atoms with Gasteiger partial charge in [0, 0.05) is 13.1 Å². The monoisotopic (exact) mass is 346 g/mol. The maximum absolute atomic E-state index is 13.4. The Labute approximate surface area is 146 Å². The van der Waals surface area contributed by atoms with E-state index in [1.807, 2.05) is 18.5 Å². The summed E-state index contributed by atoms with van der Waals surface area (Å²) in [5.74, 6) is 1.35. The van der Waals surface area contributed by atoms with E-state index in [0.717, 1.165) is 31.0 Å². The van der Waals surface area contributed by atoms with E-state index in [1.165, 1.54) is 12.1 Å². The Morgan fingerprint density at radius 3 is 3.08 bits per heavy atom. The Morgan fingerprint density at radius 2 is 2.32 bits per heavy atom. The van der Waals surface area contributed by atoms with Crippen molar-refractivity contribution >= 4 is 5.96 Å². The second-order valence-corrected chi connectivity index (χ2v) is 6.06. The number of guanidine groups is 1. The second-order valence-electron chi connectivity index (χ2n) is 6.06. The minimum Gasteiger partial charge on any atom is -0.505 e. The summed E-state index contributed by atoms with van der Waals surface area (Å²) >= 11 is 0. The molecule has 1 unspecified atom stereocenters. The highest BCUT2D eigenvalue weighted by molar-refractivity contribution is 5.80. The van der Waals surface area contributed by atoms with Crippen LogP contribution in [0.2, 0.25) is 0 Å². The predicted molar refractivity (Wildman–Crippen MR) is 92.8 cm³/mol. The molecule has 0 saturated carbocycles. The average molecular weight is 346 g/mol. The van der Waals surface area contributed by atoms with Gasteiger partial charge in [-0.3, -0.25) is 0 Å². The molecular weight excluding hydrogens is 323 g/mol. The normalized spacial score (nSPS) is 17.2. The maximum Gasteiger partial charge on any atom is 0.192 e. The van der Waals surface area contributed by atoms with E-state index in [2.05, 4.69) is 25.7 Å². The molecule has 0 fully saturated rings. The van der Waals surface area contributed by atoms with Crippen LogP contribution in [0.25, 0.3) is 0 Å². The van der Waals surface area contributed by atoms with Gasteiger partial charge in [-0.2, -0.15) is 5.10 Å². The van der Waals surface area contributed by atoms with Crippen molar-refractivity contribution in [2.75, 3.05) is 6.54 Å². The number of aryl methyl sites for hydroxylation is 2. The molecule has 0 saturated heterocycles. The summed E-state index contributed by atoms with van der Waals surface area (Å²) < 4.78 is 15.4. The van der Waals surface area contributed by atoms with E-state index < -0.39 is 5.82 Å². The first-order valence-electron chi connectivity index (χ1n) is 8.50. The molecular formula is C17H23FN6O. The fourth-order valence-corrected chi connectivity index (χ4v) is 2.91. The molecule has 7 nitrogen and oxygen atoms in total. The zero-order chi connectivity index (χ0) is 17.8. The molecule has 1 atom stereocenters. The van der Waals surface area contributed by atoms with Crippen molar-refractivity contribution in [3.8, 4) is 5.75 Å². The van der Waals surface area contributed by atoms with Crippen LogP contribution in [-0.2, 0) is 13.1 Å². The molecule has 3 rings (SSSR count). The van der Waals surface area contributed by atoms with Gasteiger partial charge in [0.25, 0.3) is 0 Å². The Balaban J connectivity index is 1.74. The lowest BCUT2D eigenvalue weighted by Gasteiger charge is -2.25. The first-order valence-corrected chi connectivity index (χ1v) is 8.50. The zero-order valence-corrected chi connectivity index (χ0v) is 14.5. The number of phenols is 1. The third kappa shape index (κ3) is 4.07. The van der Waals surface area contributed by atoms with Gasteiger partial charge in [-0.15, -0.1) is 0 Å². The fourth-order valence-electron chi connectivity index (χ4n) is 2.91. The summed E-state index contributed by atoms with van der Waals surface area (Å²) in [5, 5.41) is 20.3. The summed E-state index contributed by atoms with van der Waals surface area (Å²) in [5.41, 5.74) is 0.690. The minimum absolute atomic E-state index is 0.0457. The summed E-state index contributed by atoms with van der Waals surface area (Å²) in [6.45, 7) is 5.79. The number of aliphatic imine (C=N–C) groups is 1. The molecule has 2 aromatic rings. The molecule has 0 radical (unpaired) electrons. The van der Waals surface area contributed by atoms with E-state index in [1.54, 1.807) is 6.07 Å². The Bertz CT molecular complexity index is 772. The van der Waals surface area contributed by atoms with Crippen LogP contribution in [-0.4, -0.2) is 32.4 Å². The third-order valence-electron chi connectivity index (χ3n) is 4.07. The van der Waals surface area contributed by atoms with Crippen LogP contribution in [0.15, 0.2) is 23.2 Å². The van der Waals surface area contributed by atoms with Crippen molar-refractivity contribution in [3.05, 3.63) is 41.2 Å². The van der Waals surface area contributed by atoms with E-state index in [9.17, 15) is 9.50 Å². The summed E-state index contributed by atoms with van der Waals surface area (Å²) in [7, 11) is 0. The highest BCUT2D eigenvalue weighted by Gasteiger charge is 2.24. The number of aromatic hydroxyl groups is 1. The largest absolute Gasteiger partial charge is 0.505 e. The molecule has 1 aliphatic heterocycles. The van der Waals surface area contributed by atoms with Crippen LogP contribution in [0.3, 0.4) is 0 Å². The van der Waals surface area contributed by atoms with Gasteiger partial charge in [0.15, 0.2) is 17.5 Å². The number of nitrogens with zero attached hydrogens (tertiary/aromatic N) is 4. The van der Waals surface area contributed by atoms with Crippen LogP contribution in [0.1, 0.15) is 43.0 Å². The van der Waals surface area contributed by atoms with Gasteiger partial charge in [0.1, 0.15) is 11.6 Å². The quantitative estimate of drug-likeness (QED) is 0.582. The van der Waals surface area contributed by atoms with Gasteiger partial charge in [0.2, 0.25) is 0 Å². The summed E-state index contributed by atoms with van der Waals surface area (Å²) in [4.78, 5) is 9.03. The Morgan fingerprint density at radius 1 is 1.48 bits per heavy atom. The molecule has 134 valence electrons. The highest BCUT2D eigenvalue weighted by Crippen LogP contribution is 2.23. The number of aromatic nitrogens is 3. The standard InChI is InChI=1S/C17H23FN6O/c1-3-19-17(20-10-12-6-7-15(25)13(18)9-12)22-14-5-4-8-24-16(14)21-11(2)23-24/h6-7,9,14,25H,3-5,8,10H2,1-2H3,(H2,19,20,22). The first-order chi connectivity index (χ1) is 12.1. The molecule has 0 bridgehead atoms. The molecule has 0 aliphatic carbocycles. The van der Waals surface area contributed by atoms with Gasteiger partial charge in [-0.1, -0.05) is 6.07 Å². The van der Waals surface area contributed by atoms with Gasteiger partial charge < -0.3 is 15.7 Å². The van der Waals surface area contributed by atoms with Gasteiger partial charge >= 0.3 is 0 Å². The lowest BCUT2D eigenvalue weighted by Crippen LogP contribution is -2.41. The van der Waals surface area contributed by atoms with Crippen molar-refractivity contribution in [2.24, 2.45) is 4.99 Å². The Kier molecular flexibility index (Phi) is 5.16. The van der Waals surface area contributed by atoms with Gasteiger partial charge in [-0.05, 0) is 44.4 Å². The fraction of sp³-hybridized carbons (Fsp3) is 0.471. The van der Waals surface area contributed by atoms with Crippen molar-refractivity contribution < 1.29 is 9.50 Å². The molecule has 3 N–H and O–H groups in total. The summed E-state index contributed by atoms with van der Waals surface area (Å²) in [6.07, 6.45) is 1.98. The van der Waals surface area contributed by atoms with Crippen LogP contribution in [0, 0.1) is 12.7 Å². The Hall–Kier alpha value is -2.64. The molecule has 0 amide bonds. The number of hydrogen-bond acceptors (Lipinski definition) is 4. The third-order valence-corrected chi connectivity index (χ3v) is 4.07. The average Bonchev–Trinajstić information content (AvgIpc) is 2.97. The van der Waals surface area contributed by atoms with E-state index in [0.29, 0.717) is 24.6 Å². The molecule has 25 heavy (non-hydrogen) atoms. The maximum atomic E-state index is 13.4. The van der Waals surface area contributed by atoms with Crippen molar-refractivity contribution in [1.29, 1.82) is 0 Å². The van der Waals surface area contributed by atoms with Gasteiger partial charge in [0.05, 0.1) is 12.6 Å². The molecule has 2 heterocycles. The van der Waals surface area contributed by atoms with Crippen LogP contribution >= 0.6 is 0 Å². The SMILES string of the molecule is CCNC(=NCc1ccc(O)c(F)c1)NC1CCCn2nc(C)nc21. The number of phenolic OH excluding ortho intramolecular Hbond substituents is 1. The minimum atomic E-state index is -0.637. The van der Waals surface area contributed by atoms with Crippen LogP contribution in [0.5, 0.6) is 5.75 Å². The number of fused-ring (bicyclic) bond motifs is 1. The molecule has 8 heteroatoms. The predicted octanol–water partition coefficient (Wildman–Crippen LogP) is 2.02. The first kappa shape index (κ1) is 17.2.